The largest absolute Gasteiger partial charge is 0.462 e. The maximum Gasteiger partial charge on any atom is 0.303 e. The molecule has 2 rings (SSSR count). The Morgan fingerprint density at radius 2 is 1.86 bits per heavy atom. The molecule has 4 nitrogen and oxygen atoms in total. The van der Waals surface area contributed by atoms with Crippen LogP contribution in [0.2, 0.25) is 0 Å². The molecule has 0 radical (unpaired) electrons. The quantitative estimate of drug-likeness (QED) is 0.437. The van der Waals surface area contributed by atoms with Crippen molar-refractivity contribution in [3.05, 3.63) is 24.8 Å². The van der Waals surface area contributed by atoms with Crippen LogP contribution in [0.25, 0.3) is 0 Å². The fraction of sp³-hybridized carbons (Fsp3) is 0.750. The molecule has 0 spiro atoms. The van der Waals surface area contributed by atoms with Gasteiger partial charge in [0.05, 0.1) is 0 Å². The number of carbonyl (C=O) groups is 2. The predicted molar refractivity (Wildman–Crippen MR) is 112 cm³/mol. The molecule has 0 amide bonds. The molecule has 0 heterocycles. The summed E-state index contributed by atoms with van der Waals surface area (Å²) < 4.78 is 11.4. The third kappa shape index (κ3) is 4.52. The van der Waals surface area contributed by atoms with E-state index in [-0.39, 0.29) is 34.8 Å². The monoisotopic (exact) mass is 390 g/mol. The molecule has 0 unspecified atom stereocenters. The Hall–Kier alpha value is -1.58. The number of hydrogen-bond acceptors (Lipinski definition) is 4. The van der Waals surface area contributed by atoms with Gasteiger partial charge in [0.2, 0.25) is 0 Å². The van der Waals surface area contributed by atoms with E-state index in [4.69, 9.17) is 9.47 Å². The van der Waals surface area contributed by atoms with Gasteiger partial charge in [-0.2, -0.15) is 0 Å². The Balaban J connectivity index is 2.32. The highest BCUT2D eigenvalue weighted by atomic mass is 16.6. The second-order valence-corrected chi connectivity index (χ2v) is 10.0. The Morgan fingerprint density at radius 1 is 1.21 bits per heavy atom. The van der Waals surface area contributed by atoms with Crippen LogP contribution in [-0.4, -0.2) is 23.6 Å². The minimum atomic E-state index is -0.672. The van der Waals surface area contributed by atoms with E-state index in [1.165, 1.54) is 20.3 Å². The van der Waals surface area contributed by atoms with Crippen molar-refractivity contribution in [1.82, 2.24) is 0 Å². The summed E-state index contributed by atoms with van der Waals surface area (Å²) in [4.78, 5) is 23.3. The summed E-state index contributed by atoms with van der Waals surface area (Å²) >= 11 is 0. The first kappa shape index (κ1) is 22.7. The van der Waals surface area contributed by atoms with Crippen molar-refractivity contribution in [2.24, 2.45) is 22.7 Å². The van der Waals surface area contributed by atoms with Crippen LogP contribution in [-0.2, 0) is 19.1 Å². The number of rotatable bonds is 6. The smallest absolute Gasteiger partial charge is 0.303 e. The van der Waals surface area contributed by atoms with Gasteiger partial charge < -0.3 is 9.47 Å². The summed E-state index contributed by atoms with van der Waals surface area (Å²) in [6.07, 6.45) is 7.33. The molecule has 0 aromatic heterocycles. The van der Waals surface area contributed by atoms with Crippen LogP contribution < -0.4 is 0 Å². The van der Waals surface area contributed by atoms with Gasteiger partial charge in [0.25, 0.3) is 0 Å². The molecule has 158 valence electrons. The van der Waals surface area contributed by atoms with E-state index in [0.717, 1.165) is 24.8 Å². The number of fused-ring (bicyclic) bond motifs is 1. The zero-order chi connectivity index (χ0) is 21.3. The van der Waals surface area contributed by atoms with Gasteiger partial charge in [0.1, 0.15) is 11.7 Å². The SMILES string of the molecule is C=C[C@](C)(CC[C@H]1C(=C)C[C@H](OC(C)=O)[C@@H]2C(C)(C)CCC[C@@]21C)OC(C)=O. The molecule has 0 aromatic carbocycles. The van der Waals surface area contributed by atoms with Crippen molar-refractivity contribution in [3.8, 4) is 0 Å². The number of ether oxygens (including phenoxy) is 2. The van der Waals surface area contributed by atoms with Crippen LogP contribution in [0.15, 0.2) is 24.8 Å². The van der Waals surface area contributed by atoms with E-state index in [2.05, 4.69) is 33.9 Å². The third-order valence-corrected chi connectivity index (χ3v) is 7.27. The molecule has 5 atom stereocenters. The first-order valence-corrected chi connectivity index (χ1v) is 10.5. The number of esters is 2. The van der Waals surface area contributed by atoms with E-state index >= 15 is 0 Å². The lowest BCUT2D eigenvalue weighted by Crippen LogP contribution is -2.56. The van der Waals surface area contributed by atoms with Gasteiger partial charge in [0.15, 0.2) is 0 Å². The van der Waals surface area contributed by atoms with Crippen LogP contribution in [0.1, 0.15) is 80.1 Å². The van der Waals surface area contributed by atoms with Crippen molar-refractivity contribution in [2.75, 3.05) is 0 Å². The zero-order valence-electron chi connectivity index (χ0n) is 18.6. The van der Waals surface area contributed by atoms with E-state index in [0.29, 0.717) is 18.8 Å². The van der Waals surface area contributed by atoms with Crippen LogP contribution in [0.4, 0.5) is 0 Å². The maximum absolute atomic E-state index is 11.8. The molecule has 4 heteroatoms. The summed E-state index contributed by atoms with van der Waals surface area (Å²) in [6, 6.07) is 0. The lowest BCUT2D eigenvalue weighted by Gasteiger charge is -2.60. The van der Waals surface area contributed by atoms with Gasteiger partial charge in [-0.3, -0.25) is 9.59 Å². The van der Waals surface area contributed by atoms with Crippen molar-refractivity contribution < 1.29 is 19.1 Å². The fourth-order valence-electron chi connectivity index (χ4n) is 6.24. The van der Waals surface area contributed by atoms with E-state index in [1.807, 2.05) is 6.92 Å². The Morgan fingerprint density at radius 3 is 2.39 bits per heavy atom. The Labute approximate surface area is 170 Å². The normalized spacial score (nSPS) is 33.9. The Kier molecular flexibility index (Phi) is 6.52. The summed E-state index contributed by atoms with van der Waals surface area (Å²) in [6.45, 7) is 20.1. The highest BCUT2D eigenvalue weighted by molar-refractivity contribution is 5.67. The summed E-state index contributed by atoms with van der Waals surface area (Å²) in [7, 11) is 0. The highest BCUT2D eigenvalue weighted by Crippen LogP contribution is 2.62. The molecule has 0 N–H and O–H groups in total. The van der Waals surface area contributed by atoms with Gasteiger partial charge in [-0.1, -0.05) is 45.9 Å². The Bertz CT molecular complexity index is 649. The molecule has 0 aromatic rings. The van der Waals surface area contributed by atoms with Crippen molar-refractivity contribution in [1.29, 1.82) is 0 Å². The first-order valence-electron chi connectivity index (χ1n) is 10.5. The van der Waals surface area contributed by atoms with Gasteiger partial charge in [-0.15, -0.1) is 0 Å². The van der Waals surface area contributed by atoms with E-state index < -0.39 is 5.60 Å². The standard InChI is InChI=1S/C24H38O4/c1-9-23(7,28-18(4)26)14-11-19-16(2)15-20(27-17(3)25)21-22(5,6)12-10-13-24(19,21)8/h9,19-21H,1-2,10-15H2,3-8H3/t19-,20-,21+,23+,24+/m0/s1. The topological polar surface area (TPSA) is 52.6 Å². The van der Waals surface area contributed by atoms with Crippen LogP contribution >= 0.6 is 0 Å². The summed E-state index contributed by atoms with van der Waals surface area (Å²) in [5, 5.41) is 0. The predicted octanol–water partition coefficient (Wildman–Crippen LogP) is 5.61. The third-order valence-electron chi connectivity index (χ3n) is 7.27. The van der Waals surface area contributed by atoms with Crippen molar-refractivity contribution in [3.63, 3.8) is 0 Å². The molecule has 0 aliphatic heterocycles. The average molecular weight is 391 g/mol. The highest BCUT2D eigenvalue weighted by Gasteiger charge is 2.57. The number of hydrogen-bond donors (Lipinski definition) is 0. The summed E-state index contributed by atoms with van der Waals surface area (Å²) in [5.74, 6) is 0.0901. The van der Waals surface area contributed by atoms with Gasteiger partial charge in [-0.25, -0.2) is 0 Å². The maximum atomic E-state index is 11.8. The van der Waals surface area contributed by atoms with Gasteiger partial charge >= 0.3 is 11.9 Å². The van der Waals surface area contributed by atoms with E-state index in [9.17, 15) is 9.59 Å². The minimum Gasteiger partial charge on any atom is -0.462 e. The second kappa shape index (κ2) is 8.04. The lowest BCUT2D eigenvalue weighted by atomic mass is 9.46. The van der Waals surface area contributed by atoms with E-state index in [1.54, 1.807) is 6.08 Å². The van der Waals surface area contributed by atoms with Crippen LogP contribution in [0.3, 0.4) is 0 Å². The first-order chi connectivity index (χ1) is 12.8. The fourth-order valence-corrected chi connectivity index (χ4v) is 6.24. The second-order valence-electron chi connectivity index (χ2n) is 10.0. The molecule has 2 aliphatic carbocycles. The van der Waals surface area contributed by atoms with Crippen molar-refractivity contribution in [2.45, 2.75) is 91.8 Å². The van der Waals surface area contributed by atoms with Crippen LogP contribution in [0.5, 0.6) is 0 Å². The summed E-state index contributed by atoms with van der Waals surface area (Å²) in [5.41, 5.74) is 0.589. The van der Waals surface area contributed by atoms with Gasteiger partial charge in [-0.05, 0) is 55.4 Å². The molecule has 0 saturated heterocycles. The molecular formula is C24H38O4. The molecule has 28 heavy (non-hydrogen) atoms. The molecule has 2 fully saturated rings. The number of carbonyl (C=O) groups excluding carboxylic acids is 2. The van der Waals surface area contributed by atoms with Crippen molar-refractivity contribution >= 4 is 11.9 Å². The average Bonchev–Trinajstić information content (AvgIpc) is 2.51. The minimum absolute atomic E-state index is 0.00943. The zero-order valence-corrected chi connectivity index (χ0v) is 18.6. The molecule has 0 bridgehead atoms. The van der Waals surface area contributed by atoms with Crippen LogP contribution in [0, 0.1) is 22.7 Å². The molecule has 2 aliphatic rings. The molecular weight excluding hydrogens is 352 g/mol. The molecule has 2 saturated carbocycles. The lowest BCUT2D eigenvalue weighted by molar-refractivity contribution is -0.171. The van der Waals surface area contributed by atoms with Gasteiger partial charge in [0, 0.05) is 26.2 Å².